The number of esters is 2. The lowest BCUT2D eigenvalue weighted by molar-refractivity contribution is -0.161. The van der Waals surface area contributed by atoms with Crippen LogP contribution < -0.4 is 0 Å². The lowest BCUT2D eigenvalue weighted by Crippen LogP contribution is -2.29. The maximum absolute atomic E-state index is 12.3. The van der Waals surface area contributed by atoms with Crippen LogP contribution >= 0.6 is 7.82 Å². The average Bonchev–Trinajstić information content (AvgIpc) is 3.04. The third-order valence-corrected chi connectivity index (χ3v) is 8.43. The molecule has 3 N–H and O–H groups in total. The lowest BCUT2D eigenvalue weighted by atomic mass is 9.99. The van der Waals surface area contributed by atoms with E-state index >= 15 is 0 Å². The van der Waals surface area contributed by atoms with E-state index in [2.05, 4.69) is 55.7 Å². The summed E-state index contributed by atoms with van der Waals surface area (Å²) in [5.41, 5.74) is 0. The molecule has 0 aromatic carbocycles. The number of aliphatic hydroxyl groups excluding tert-OH is 1. The Bertz CT molecular complexity index is 954. The van der Waals surface area contributed by atoms with Crippen molar-refractivity contribution in [3.8, 4) is 0 Å². The minimum absolute atomic E-state index is 0.120. The van der Waals surface area contributed by atoms with Gasteiger partial charge in [-0.15, -0.1) is 0 Å². The maximum atomic E-state index is 12.3. The van der Waals surface area contributed by atoms with Crippen molar-refractivity contribution in [1.82, 2.24) is 0 Å². The van der Waals surface area contributed by atoms with Crippen molar-refractivity contribution < 1.29 is 43.0 Å². The largest absolute Gasteiger partial charge is 0.469 e. The molecule has 0 amide bonds. The Balaban J connectivity index is 4.13. The molecule has 48 heavy (non-hydrogen) atoms. The summed E-state index contributed by atoms with van der Waals surface area (Å²) in [5, 5.41) is 9.69. The van der Waals surface area contributed by atoms with Crippen molar-refractivity contribution in [2.24, 2.45) is 5.92 Å². The Morgan fingerprint density at radius 1 is 0.688 bits per heavy atom. The van der Waals surface area contributed by atoms with E-state index in [0.717, 1.165) is 57.3 Å². The number of phosphoric ester groups is 1. The number of carbonyl (C=O) groups is 2. The molecule has 0 heterocycles. The highest BCUT2D eigenvalue weighted by Crippen LogP contribution is 2.36. The number of rotatable bonds is 32. The highest BCUT2D eigenvalue weighted by atomic mass is 31.2. The quantitative estimate of drug-likeness (QED) is 0.0271. The van der Waals surface area contributed by atoms with Gasteiger partial charge in [0.05, 0.1) is 12.7 Å². The highest BCUT2D eigenvalue weighted by Gasteiger charge is 2.22. The predicted molar refractivity (Wildman–Crippen MR) is 194 cm³/mol. The van der Waals surface area contributed by atoms with E-state index in [1.165, 1.54) is 38.5 Å². The molecular formula is C38H67O9P. The van der Waals surface area contributed by atoms with Crippen LogP contribution in [0, 0.1) is 5.92 Å². The molecule has 2 unspecified atom stereocenters. The Labute approximate surface area is 291 Å². The van der Waals surface area contributed by atoms with Gasteiger partial charge in [-0.1, -0.05) is 134 Å². The first-order valence-electron chi connectivity index (χ1n) is 18.4. The third-order valence-electron chi connectivity index (χ3n) is 7.95. The molecule has 0 aromatic rings. The van der Waals surface area contributed by atoms with Crippen LogP contribution in [0.4, 0.5) is 0 Å². The second-order valence-corrected chi connectivity index (χ2v) is 13.9. The highest BCUT2D eigenvalue weighted by molar-refractivity contribution is 7.46. The summed E-state index contributed by atoms with van der Waals surface area (Å²) in [7, 11) is -4.77. The van der Waals surface area contributed by atoms with Crippen LogP contribution in [0.5, 0.6) is 0 Å². The number of aliphatic hydroxyl groups is 1. The van der Waals surface area contributed by atoms with Crippen molar-refractivity contribution >= 4 is 19.8 Å². The van der Waals surface area contributed by atoms with Crippen LogP contribution in [0.3, 0.4) is 0 Å². The summed E-state index contributed by atoms with van der Waals surface area (Å²) < 4.78 is 26.2. The van der Waals surface area contributed by atoms with Crippen molar-refractivity contribution in [3.05, 3.63) is 48.6 Å². The number of allylic oxidation sites excluding steroid dienone is 7. The summed E-state index contributed by atoms with van der Waals surface area (Å²) in [6.07, 6.45) is 33.3. The molecule has 0 bridgehead atoms. The molecule has 0 aliphatic carbocycles. The Kier molecular flexibility index (Phi) is 30.8. The summed E-state index contributed by atoms with van der Waals surface area (Å²) >= 11 is 0. The first-order valence-corrected chi connectivity index (χ1v) is 19.9. The third kappa shape index (κ3) is 33.9. The predicted octanol–water partition coefficient (Wildman–Crippen LogP) is 9.61. The molecule has 0 radical (unpaired) electrons. The average molecular weight is 699 g/mol. The molecule has 0 spiro atoms. The van der Waals surface area contributed by atoms with Crippen LogP contribution in [-0.2, 0) is 28.2 Å². The van der Waals surface area contributed by atoms with E-state index in [1.54, 1.807) is 0 Å². The standard InChI is InChI=1S/C38H67O9P/c1-4-27-35(39)29-24-20-16-11-9-7-6-8-10-12-18-22-26-31-38(41)47-36(33-46-48(42,43)44)32-45-37(40)30-25-21-17-14-13-15-19-23-28-34(3)5-2/h6,8-9,11-12,18,20,24,34-36,39H,4-5,7,10,13-17,19,21-23,25-33H2,1-3H3,(H2,42,43,44)/b8-6-,11-9-,18-12-,24-20-/t34?,35?,36-/m1/s1. The summed E-state index contributed by atoms with van der Waals surface area (Å²) in [6.45, 7) is 5.73. The van der Waals surface area contributed by atoms with Crippen molar-refractivity contribution in [2.75, 3.05) is 13.2 Å². The van der Waals surface area contributed by atoms with E-state index in [9.17, 15) is 19.3 Å². The van der Waals surface area contributed by atoms with E-state index < -0.39 is 32.5 Å². The smallest absolute Gasteiger partial charge is 0.462 e. The Morgan fingerprint density at radius 3 is 1.81 bits per heavy atom. The zero-order valence-corrected chi connectivity index (χ0v) is 31.0. The van der Waals surface area contributed by atoms with Gasteiger partial charge in [0.25, 0.3) is 0 Å². The molecule has 0 saturated carbocycles. The number of hydrogen-bond donors (Lipinski definition) is 3. The van der Waals surface area contributed by atoms with Gasteiger partial charge in [0.15, 0.2) is 6.10 Å². The fourth-order valence-electron chi connectivity index (χ4n) is 4.83. The fraction of sp³-hybridized carbons (Fsp3) is 0.737. The molecule has 0 fully saturated rings. The summed E-state index contributed by atoms with van der Waals surface area (Å²) in [4.78, 5) is 42.6. The lowest BCUT2D eigenvalue weighted by Gasteiger charge is -2.18. The number of hydrogen-bond acceptors (Lipinski definition) is 7. The zero-order valence-electron chi connectivity index (χ0n) is 30.1. The Morgan fingerprint density at radius 2 is 1.23 bits per heavy atom. The molecular weight excluding hydrogens is 631 g/mol. The normalized spacial score (nSPS) is 14.4. The topological polar surface area (TPSA) is 140 Å². The minimum atomic E-state index is -4.77. The number of phosphoric acid groups is 1. The van der Waals surface area contributed by atoms with Crippen LogP contribution in [0.1, 0.15) is 149 Å². The monoisotopic (exact) mass is 698 g/mol. The molecule has 278 valence electrons. The molecule has 0 aliphatic heterocycles. The number of unbranched alkanes of at least 4 members (excludes halogenated alkanes) is 8. The maximum Gasteiger partial charge on any atom is 0.469 e. The van der Waals surface area contributed by atoms with Crippen molar-refractivity contribution in [3.63, 3.8) is 0 Å². The van der Waals surface area contributed by atoms with Gasteiger partial charge in [-0.25, -0.2) is 4.57 Å². The van der Waals surface area contributed by atoms with Gasteiger partial charge >= 0.3 is 19.8 Å². The van der Waals surface area contributed by atoms with Gasteiger partial charge in [-0.05, 0) is 57.3 Å². The first-order chi connectivity index (χ1) is 23.1. The number of carbonyl (C=O) groups excluding carboxylic acids is 2. The van der Waals surface area contributed by atoms with E-state index in [4.69, 9.17) is 19.3 Å². The molecule has 0 rings (SSSR count). The van der Waals surface area contributed by atoms with Gasteiger partial charge in [0, 0.05) is 12.8 Å². The van der Waals surface area contributed by atoms with Gasteiger partial charge in [-0.2, -0.15) is 0 Å². The SMILES string of the molecule is CCCC(O)C/C=C\C/C=C\C/C=C\C/C=C\CCCC(=O)O[C@H](COC(=O)CCCCCCCCCCC(C)CC)COP(=O)(O)O. The molecule has 9 nitrogen and oxygen atoms in total. The first kappa shape index (κ1) is 46.0. The fourth-order valence-corrected chi connectivity index (χ4v) is 5.19. The van der Waals surface area contributed by atoms with Crippen molar-refractivity contribution in [2.45, 2.75) is 161 Å². The van der Waals surface area contributed by atoms with Crippen LogP contribution in [-0.4, -0.2) is 52.3 Å². The molecule has 0 aromatic heterocycles. The van der Waals surface area contributed by atoms with Gasteiger partial charge in [-0.3, -0.25) is 14.1 Å². The summed E-state index contributed by atoms with van der Waals surface area (Å²) in [5.74, 6) is -0.158. The minimum Gasteiger partial charge on any atom is -0.462 e. The van der Waals surface area contributed by atoms with Crippen LogP contribution in [0.25, 0.3) is 0 Å². The molecule has 3 atom stereocenters. The van der Waals surface area contributed by atoms with Gasteiger partial charge in [0.2, 0.25) is 0 Å². The van der Waals surface area contributed by atoms with Gasteiger partial charge < -0.3 is 24.4 Å². The zero-order chi connectivity index (χ0) is 35.7. The second-order valence-electron chi connectivity index (χ2n) is 12.6. The molecule has 0 saturated heterocycles. The van der Waals surface area contributed by atoms with Crippen molar-refractivity contribution in [1.29, 1.82) is 0 Å². The molecule has 0 aliphatic rings. The van der Waals surface area contributed by atoms with Gasteiger partial charge in [0.1, 0.15) is 6.61 Å². The van der Waals surface area contributed by atoms with Crippen LogP contribution in [0.15, 0.2) is 48.6 Å². The summed E-state index contributed by atoms with van der Waals surface area (Å²) in [6, 6.07) is 0. The number of ether oxygens (including phenoxy) is 2. The molecule has 10 heteroatoms. The Hall–Kier alpha value is -2.03. The van der Waals surface area contributed by atoms with Crippen LogP contribution in [0.2, 0.25) is 0 Å². The second kappa shape index (κ2) is 32.2. The van der Waals surface area contributed by atoms with E-state index in [0.29, 0.717) is 25.7 Å². The van der Waals surface area contributed by atoms with E-state index in [-0.39, 0.29) is 25.6 Å². The van der Waals surface area contributed by atoms with E-state index in [1.807, 2.05) is 18.2 Å².